The van der Waals surface area contributed by atoms with Gasteiger partial charge in [-0.3, -0.25) is 10.4 Å². The Hall–Kier alpha value is -1.59. The molecule has 1 fully saturated rings. The second-order valence-corrected chi connectivity index (χ2v) is 5.87. The van der Waals surface area contributed by atoms with Crippen molar-refractivity contribution >= 4 is 34.4 Å². The molecular weight excluding hydrogens is 262 g/mol. The van der Waals surface area contributed by atoms with Gasteiger partial charge in [0.25, 0.3) is 0 Å². The monoisotopic (exact) mass is 275 g/mol. The second-order valence-electron chi connectivity index (χ2n) is 4.14. The molecular formula is C13H13N3S2. The summed E-state index contributed by atoms with van der Waals surface area (Å²) in [6.45, 7) is 2.11. The van der Waals surface area contributed by atoms with E-state index in [0.29, 0.717) is 5.11 Å². The molecule has 1 atom stereocenters. The van der Waals surface area contributed by atoms with Crippen LogP contribution in [0.3, 0.4) is 0 Å². The van der Waals surface area contributed by atoms with E-state index in [1.807, 2.05) is 18.2 Å². The number of hydrazine groups is 1. The van der Waals surface area contributed by atoms with Crippen molar-refractivity contribution in [2.24, 2.45) is 0 Å². The van der Waals surface area contributed by atoms with E-state index < -0.39 is 0 Å². The molecule has 0 bridgehead atoms. The van der Waals surface area contributed by atoms with Crippen LogP contribution in [0.2, 0.25) is 0 Å². The van der Waals surface area contributed by atoms with Crippen molar-refractivity contribution in [2.75, 3.05) is 5.01 Å². The number of aryl methyl sites for hydroxylation is 1. The van der Waals surface area contributed by atoms with Crippen LogP contribution in [0.15, 0.2) is 42.5 Å². The van der Waals surface area contributed by atoms with E-state index in [9.17, 15) is 0 Å². The summed E-state index contributed by atoms with van der Waals surface area (Å²) in [7, 11) is 0. The first kappa shape index (κ1) is 11.5. The predicted molar refractivity (Wildman–Crippen MR) is 79.6 cm³/mol. The van der Waals surface area contributed by atoms with Crippen LogP contribution in [0.5, 0.6) is 0 Å². The summed E-state index contributed by atoms with van der Waals surface area (Å²) in [6, 6.07) is 14.5. The van der Waals surface area contributed by atoms with Gasteiger partial charge in [0.2, 0.25) is 0 Å². The highest BCUT2D eigenvalue weighted by molar-refractivity contribution is 7.80. The summed E-state index contributed by atoms with van der Waals surface area (Å²) in [4.78, 5) is 2.56. The summed E-state index contributed by atoms with van der Waals surface area (Å²) in [5.74, 6) is 0. The zero-order chi connectivity index (χ0) is 12.5. The smallest absolute Gasteiger partial charge is 0.187 e. The maximum absolute atomic E-state index is 5.22. The third kappa shape index (κ3) is 2.07. The van der Waals surface area contributed by atoms with Gasteiger partial charge in [0.05, 0.1) is 5.69 Å². The maximum atomic E-state index is 5.22. The van der Waals surface area contributed by atoms with Crippen LogP contribution in [0.4, 0.5) is 5.69 Å². The number of benzene rings is 1. The van der Waals surface area contributed by atoms with Crippen molar-refractivity contribution in [3.05, 3.63) is 52.2 Å². The van der Waals surface area contributed by atoms with Gasteiger partial charge >= 0.3 is 0 Å². The van der Waals surface area contributed by atoms with E-state index in [1.165, 1.54) is 9.75 Å². The van der Waals surface area contributed by atoms with Crippen LogP contribution in [0.25, 0.3) is 0 Å². The number of thiocarbonyl (C=S) groups is 1. The molecule has 1 saturated heterocycles. The van der Waals surface area contributed by atoms with Gasteiger partial charge in [0.1, 0.15) is 0 Å². The van der Waals surface area contributed by atoms with Crippen molar-refractivity contribution in [3.8, 4) is 0 Å². The fourth-order valence-corrected chi connectivity index (χ4v) is 3.13. The molecule has 2 N–H and O–H groups in total. The Kier molecular flexibility index (Phi) is 2.93. The van der Waals surface area contributed by atoms with Crippen LogP contribution in [0.1, 0.15) is 15.9 Å². The molecule has 1 aliphatic heterocycles. The lowest BCUT2D eigenvalue weighted by Crippen LogP contribution is -2.33. The van der Waals surface area contributed by atoms with Crippen molar-refractivity contribution in [3.63, 3.8) is 0 Å². The fraction of sp³-hybridized carbons (Fsp3) is 0.154. The number of thiophene rings is 1. The summed E-state index contributed by atoms with van der Waals surface area (Å²) < 4.78 is 0. The largest absolute Gasteiger partial charge is 0.335 e. The first-order valence-corrected chi connectivity index (χ1v) is 6.94. The molecule has 92 valence electrons. The lowest BCUT2D eigenvalue weighted by Gasteiger charge is -2.23. The van der Waals surface area contributed by atoms with Crippen LogP contribution in [-0.4, -0.2) is 5.11 Å². The molecule has 0 aliphatic carbocycles. The Morgan fingerprint density at radius 3 is 2.61 bits per heavy atom. The Morgan fingerprint density at radius 1 is 1.17 bits per heavy atom. The number of nitrogens with zero attached hydrogens (tertiary/aromatic N) is 1. The Bertz CT molecular complexity index is 565. The van der Waals surface area contributed by atoms with Gasteiger partial charge in [-0.05, 0) is 43.4 Å². The lowest BCUT2D eigenvalue weighted by atomic mass is 10.3. The summed E-state index contributed by atoms with van der Waals surface area (Å²) >= 11 is 7.00. The van der Waals surface area contributed by atoms with Crippen LogP contribution in [-0.2, 0) is 0 Å². The third-order valence-electron chi connectivity index (χ3n) is 2.81. The number of rotatable bonds is 2. The average molecular weight is 275 g/mol. The highest BCUT2D eigenvalue weighted by Gasteiger charge is 2.29. The molecule has 2 aromatic rings. The molecule has 0 spiro atoms. The highest BCUT2D eigenvalue weighted by Crippen LogP contribution is 2.30. The van der Waals surface area contributed by atoms with Crippen molar-refractivity contribution in [2.45, 2.75) is 13.1 Å². The van der Waals surface area contributed by atoms with Crippen molar-refractivity contribution < 1.29 is 0 Å². The van der Waals surface area contributed by atoms with Crippen LogP contribution in [0, 0.1) is 6.92 Å². The molecule has 0 saturated carbocycles. The second kappa shape index (κ2) is 4.59. The van der Waals surface area contributed by atoms with Gasteiger partial charge in [0, 0.05) is 9.75 Å². The molecule has 1 aromatic carbocycles. The van der Waals surface area contributed by atoms with E-state index in [4.69, 9.17) is 12.2 Å². The molecule has 0 radical (unpaired) electrons. The number of hydrogen-bond acceptors (Lipinski definition) is 3. The Balaban J connectivity index is 1.95. The molecule has 0 amide bonds. The van der Waals surface area contributed by atoms with E-state index in [0.717, 1.165) is 5.69 Å². The summed E-state index contributed by atoms with van der Waals surface area (Å²) in [5, 5.41) is 6.01. The van der Waals surface area contributed by atoms with Crippen molar-refractivity contribution in [1.82, 2.24) is 10.7 Å². The van der Waals surface area contributed by atoms with Crippen LogP contribution >= 0.6 is 23.6 Å². The first-order chi connectivity index (χ1) is 8.74. The van der Waals surface area contributed by atoms with E-state index >= 15 is 0 Å². The van der Waals surface area contributed by atoms with Gasteiger partial charge in [-0.25, -0.2) is 0 Å². The molecule has 1 aliphatic rings. The third-order valence-corrected chi connectivity index (χ3v) is 4.08. The molecule has 3 rings (SSSR count). The molecule has 1 unspecified atom stereocenters. The first-order valence-electron chi connectivity index (χ1n) is 5.72. The topological polar surface area (TPSA) is 27.3 Å². The van der Waals surface area contributed by atoms with E-state index in [1.54, 1.807) is 11.3 Å². The summed E-state index contributed by atoms with van der Waals surface area (Å²) in [6.07, 6.45) is 0.0681. The zero-order valence-electron chi connectivity index (χ0n) is 9.88. The number of nitrogens with one attached hydrogen (secondary N) is 2. The van der Waals surface area contributed by atoms with Gasteiger partial charge in [0.15, 0.2) is 11.3 Å². The standard InChI is InChI=1S/C13H13N3S2/c1-9-7-8-11(18-9)12-14-13(17)15-16(12)10-5-3-2-4-6-10/h2-8,12H,1H3,(H2,14,15,17). The fourth-order valence-electron chi connectivity index (χ4n) is 2.00. The number of para-hydroxylation sites is 1. The molecule has 3 nitrogen and oxygen atoms in total. The normalized spacial score (nSPS) is 18.6. The predicted octanol–water partition coefficient (Wildman–Crippen LogP) is 2.95. The molecule has 1 aromatic heterocycles. The molecule has 2 heterocycles. The highest BCUT2D eigenvalue weighted by atomic mass is 32.1. The SMILES string of the molecule is Cc1ccc(C2NC(=S)NN2c2ccccc2)s1. The van der Waals surface area contributed by atoms with Crippen LogP contribution < -0.4 is 15.8 Å². The van der Waals surface area contributed by atoms with Crippen molar-refractivity contribution in [1.29, 1.82) is 0 Å². The average Bonchev–Trinajstić information content (AvgIpc) is 2.96. The lowest BCUT2D eigenvalue weighted by molar-refractivity contribution is 0.654. The molecule has 5 heteroatoms. The minimum absolute atomic E-state index is 0.0681. The van der Waals surface area contributed by atoms with E-state index in [2.05, 4.69) is 46.9 Å². The number of anilines is 1. The van der Waals surface area contributed by atoms with Gasteiger partial charge < -0.3 is 5.32 Å². The summed E-state index contributed by atoms with van der Waals surface area (Å²) in [5.41, 5.74) is 4.29. The zero-order valence-corrected chi connectivity index (χ0v) is 11.5. The minimum Gasteiger partial charge on any atom is -0.335 e. The Morgan fingerprint density at radius 2 is 1.94 bits per heavy atom. The van der Waals surface area contributed by atoms with Gasteiger partial charge in [-0.2, -0.15) is 0 Å². The van der Waals surface area contributed by atoms with Gasteiger partial charge in [-0.1, -0.05) is 18.2 Å². The Labute approximate surface area is 115 Å². The van der Waals surface area contributed by atoms with Gasteiger partial charge in [-0.15, -0.1) is 11.3 Å². The molecule has 18 heavy (non-hydrogen) atoms. The van der Waals surface area contributed by atoms with E-state index in [-0.39, 0.29) is 6.17 Å². The quantitative estimate of drug-likeness (QED) is 0.824. The maximum Gasteiger partial charge on any atom is 0.187 e. The number of hydrogen-bond donors (Lipinski definition) is 2. The minimum atomic E-state index is 0.0681.